The van der Waals surface area contributed by atoms with Crippen LogP contribution in [0, 0.1) is 0 Å². The van der Waals surface area contributed by atoms with E-state index in [1.807, 2.05) is 23.9 Å². The van der Waals surface area contributed by atoms with Gasteiger partial charge in [0.2, 0.25) is 5.82 Å². The molecule has 1 aliphatic carbocycles. The maximum atomic E-state index is 11.1. The van der Waals surface area contributed by atoms with Gasteiger partial charge in [-0.15, -0.1) is 0 Å². The largest absolute Gasteiger partial charge is 0.475 e. The fourth-order valence-electron chi connectivity index (χ4n) is 2.77. The molecular weight excluding hydrogens is 230 g/mol. The summed E-state index contributed by atoms with van der Waals surface area (Å²) in [7, 11) is 1.87. The summed E-state index contributed by atoms with van der Waals surface area (Å²) >= 11 is 0. The van der Waals surface area contributed by atoms with Crippen molar-refractivity contribution in [1.82, 2.24) is 14.5 Å². The predicted molar refractivity (Wildman–Crippen MR) is 66.7 cm³/mol. The van der Waals surface area contributed by atoms with Gasteiger partial charge in [0.05, 0.1) is 5.69 Å². The monoisotopic (exact) mass is 245 g/mol. The van der Waals surface area contributed by atoms with Crippen LogP contribution in [-0.2, 0) is 7.05 Å². The first-order valence-electron chi connectivity index (χ1n) is 6.23. The van der Waals surface area contributed by atoms with E-state index in [0.29, 0.717) is 11.6 Å². The van der Waals surface area contributed by atoms with Crippen molar-refractivity contribution in [2.24, 2.45) is 7.05 Å². The van der Waals surface area contributed by atoms with Gasteiger partial charge in [0.25, 0.3) is 0 Å². The molecule has 0 aliphatic heterocycles. The predicted octanol–water partition coefficient (Wildman–Crippen LogP) is 2.32. The first-order valence-corrected chi connectivity index (χ1v) is 6.23. The van der Waals surface area contributed by atoms with Crippen LogP contribution in [0.25, 0.3) is 11.0 Å². The Morgan fingerprint density at radius 2 is 2.11 bits per heavy atom. The lowest BCUT2D eigenvalue weighted by Crippen LogP contribution is -2.09. The van der Waals surface area contributed by atoms with E-state index < -0.39 is 5.97 Å². The topological polar surface area (TPSA) is 68.0 Å². The molecule has 0 saturated heterocycles. The Kier molecular flexibility index (Phi) is 2.54. The summed E-state index contributed by atoms with van der Waals surface area (Å²) < 4.78 is 1.85. The van der Waals surface area contributed by atoms with Gasteiger partial charge in [0.1, 0.15) is 5.65 Å². The van der Waals surface area contributed by atoms with E-state index in [2.05, 4.69) is 9.97 Å². The Bertz CT molecular complexity index is 612. The molecule has 0 spiro atoms. The van der Waals surface area contributed by atoms with E-state index in [4.69, 9.17) is 5.11 Å². The number of carboxylic acid groups (broad SMARTS) is 1. The Labute approximate surface area is 104 Å². The number of hydrogen-bond donors (Lipinski definition) is 1. The third-order valence-electron chi connectivity index (χ3n) is 3.69. The molecule has 0 aromatic carbocycles. The highest BCUT2D eigenvalue weighted by Crippen LogP contribution is 2.36. The van der Waals surface area contributed by atoms with Crippen LogP contribution in [0.15, 0.2) is 12.3 Å². The number of fused-ring (bicyclic) bond motifs is 1. The van der Waals surface area contributed by atoms with E-state index in [9.17, 15) is 4.79 Å². The molecule has 1 N–H and O–H groups in total. The van der Waals surface area contributed by atoms with Crippen LogP contribution in [0.2, 0.25) is 0 Å². The first kappa shape index (κ1) is 11.2. The molecule has 0 radical (unpaired) electrons. The second-order valence-electron chi connectivity index (χ2n) is 4.88. The molecule has 5 nitrogen and oxygen atoms in total. The van der Waals surface area contributed by atoms with Gasteiger partial charge in [0, 0.05) is 24.5 Å². The highest BCUT2D eigenvalue weighted by Gasteiger charge is 2.24. The summed E-state index contributed by atoms with van der Waals surface area (Å²) in [6, 6.07) is 1.98. The molecule has 0 bridgehead atoms. The summed E-state index contributed by atoms with van der Waals surface area (Å²) in [6.07, 6.45) is 6.50. The van der Waals surface area contributed by atoms with Crippen LogP contribution in [0.5, 0.6) is 0 Å². The van der Waals surface area contributed by atoms with Crippen molar-refractivity contribution in [2.45, 2.75) is 31.6 Å². The average Bonchev–Trinajstić information content (AvgIpc) is 2.98. The van der Waals surface area contributed by atoms with E-state index >= 15 is 0 Å². The quantitative estimate of drug-likeness (QED) is 0.881. The molecule has 1 fully saturated rings. The SMILES string of the molecule is Cn1ccc2c(C3CCCC3)nc(C(=O)O)nc21. The van der Waals surface area contributed by atoms with E-state index in [0.717, 1.165) is 23.9 Å². The molecule has 18 heavy (non-hydrogen) atoms. The van der Waals surface area contributed by atoms with Gasteiger partial charge in [-0.05, 0) is 18.9 Å². The normalized spacial score (nSPS) is 16.5. The summed E-state index contributed by atoms with van der Waals surface area (Å²) in [4.78, 5) is 19.5. The average molecular weight is 245 g/mol. The maximum Gasteiger partial charge on any atom is 0.374 e. The van der Waals surface area contributed by atoms with Gasteiger partial charge in [-0.2, -0.15) is 0 Å². The number of aryl methyl sites for hydroxylation is 1. The van der Waals surface area contributed by atoms with Crippen molar-refractivity contribution in [3.63, 3.8) is 0 Å². The Balaban J connectivity index is 2.23. The zero-order valence-electron chi connectivity index (χ0n) is 10.3. The molecule has 94 valence electrons. The Morgan fingerprint density at radius 3 is 2.78 bits per heavy atom. The summed E-state index contributed by atoms with van der Waals surface area (Å²) in [5.74, 6) is -0.764. The minimum Gasteiger partial charge on any atom is -0.475 e. The molecule has 0 amide bonds. The fraction of sp³-hybridized carbons (Fsp3) is 0.462. The molecule has 3 rings (SSSR count). The first-order chi connectivity index (χ1) is 8.66. The zero-order valence-corrected chi connectivity index (χ0v) is 10.3. The van der Waals surface area contributed by atoms with Gasteiger partial charge >= 0.3 is 5.97 Å². The van der Waals surface area contributed by atoms with Gasteiger partial charge in [-0.1, -0.05) is 12.8 Å². The molecule has 0 unspecified atom stereocenters. The van der Waals surface area contributed by atoms with Gasteiger partial charge < -0.3 is 9.67 Å². The van der Waals surface area contributed by atoms with E-state index in [1.165, 1.54) is 12.8 Å². The van der Waals surface area contributed by atoms with Crippen LogP contribution >= 0.6 is 0 Å². The van der Waals surface area contributed by atoms with Gasteiger partial charge in [0.15, 0.2) is 0 Å². The molecule has 2 aromatic rings. The smallest absolute Gasteiger partial charge is 0.374 e. The molecule has 1 saturated carbocycles. The number of carboxylic acids is 1. The lowest BCUT2D eigenvalue weighted by molar-refractivity contribution is 0.0683. The minimum absolute atomic E-state index is 0.0915. The van der Waals surface area contributed by atoms with E-state index in [1.54, 1.807) is 0 Å². The van der Waals surface area contributed by atoms with Crippen molar-refractivity contribution in [3.05, 3.63) is 23.8 Å². The van der Waals surface area contributed by atoms with Gasteiger partial charge in [-0.25, -0.2) is 14.8 Å². The Hall–Kier alpha value is -1.91. The summed E-state index contributed by atoms with van der Waals surface area (Å²) in [6.45, 7) is 0. The number of nitrogens with zero attached hydrogens (tertiary/aromatic N) is 3. The molecule has 5 heteroatoms. The lowest BCUT2D eigenvalue weighted by atomic mass is 10.0. The second-order valence-corrected chi connectivity index (χ2v) is 4.88. The van der Waals surface area contributed by atoms with Gasteiger partial charge in [-0.3, -0.25) is 0 Å². The number of aromatic carboxylic acids is 1. The van der Waals surface area contributed by atoms with Crippen LogP contribution in [0.1, 0.15) is 47.9 Å². The summed E-state index contributed by atoms with van der Waals surface area (Å²) in [5, 5.41) is 10.1. The molecule has 1 aliphatic rings. The number of carbonyl (C=O) groups is 1. The third-order valence-corrected chi connectivity index (χ3v) is 3.69. The van der Waals surface area contributed by atoms with Crippen molar-refractivity contribution in [1.29, 1.82) is 0 Å². The molecule has 0 atom stereocenters. The highest BCUT2D eigenvalue weighted by molar-refractivity contribution is 5.88. The lowest BCUT2D eigenvalue weighted by Gasteiger charge is -2.10. The van der Waals surface area contributed by atoms with Crippen molar-refractivity contribution >= 4 is 17.0 Å². The van der Waals surface area contributed by atoms with Crippen LogP contribution < -0.4 is 0 Å². The number of aromatic nitrogens is 3. The number of rotatable bonds is 2. The van der Waals surface area contributed by atoms with Crippen molar-refractivity contribution in [2.75, 3.05) is 0 Å². The van der Waals surface area contributed by atoms with Crippen LogP contribution in [0.4, 0.5) is 0 Å². The third kappa shape index (κ3) is 1.66. The second kappa shape index (κ2) is 4.08. The molecule has 2 heterocycles. The Morgan fingerprint density at radius 1 is 1.39 bits per heavy atom. The number of hydrogen-bond acceptors (Lipinski definition) is 3. The van der Waals surface area contributed by atoms with Crippen molar-refractivity contribution < 1.29 is 9.90 Å². The van der Waals surface area contributed by atoms with Crippen LogP contribution in [0.3, 0.4) is 0 Å². The maximum absolute atomic E-state index is 11.1. The van der Waals surface area contributed by atoms with Crippen LogP contribution in [-0.4, -0.2) is 25.6 Å². The summed E-state index contributed by atoms with van der Waals surface area (Å²) in [5.41, 5.74) is 1.62. The standard InChI is InChI=1S/C13H15N3O2/c1-16-7-6-9-10(8-4-2-3-5-8)14-11(13(17)18)15-12(9)16/h6-8H,2-5H2,1H3,(H,17,18). The highest BCUT2D eigenvalue weighted by atomic mass is 16.4. The fourth-order valence-corrected chi connectivity index (χ4v) is 2.77. The zero-order chi connectivity index (χ0) is 12.7. The molecular formula is C13H15N3O2. The molecule has 2 aromatic heterocycles. The van der Waals surface area contributed by atoms with Crippen molar-refractivity contribution in [3.8, 4) is 0 Å². The van der Waals surface area contributed by atoms with E-state index in [-0.39, 0.29) is 5.82 Å². The minimum atomic E-state index is -1.06.